The van der Waals surface area contributed by atoms with E-state index < -0.39 is 17.7 Å². The van der Waals surface area contributed by atoms with Gasteiger partial charge in [-0.3, -0.25) is 0 Å². The number of aliphatic hydroxyl groups excluding tert-OH is 1. The number of anilines is 1. The second-order valence-electron chi connectivity index (χ2n) is 3.71. The van der Waals surface area contributed by atoms with Gasteiger partial charge in [-0.2, -0.15) is 0 Å². The highest BCUT2D eigenvalue weighted by molar-refractivity contribution is 5.47. The van der Waals surface area contributed by atoms with E-state index in [1.165, 1.54) is 17.0 Å². The molecule has 1 rings (SSSR count). The van der Waals surface area contributed by atoms with Crippen molar-refractivity contribution in [1.29, 1.82) is 0 Å². The highest BCUT2D eigenvalue weighted by Gasteiger charge is 2.12. The third-order valence-electron chi connectivity index (χ3n) is 2.31. The van der Waals surface area contributed by atoms with Crippen molar-refractivity contribution >= 4 is 5.69 Å². The van der Waals surface area contributed by atoms with Gasteiger partial charge in [0, 0.05) is 19.7 Å². The maximum atomic E-state index is 13.3. The standard InChI is InChI=1S/C11H16F2N2O/c1-15(7-9(16)4-5-14)11-3-2-8(12)6-10(11)13/h2-3,6,9,16H,4-5,7,14H2,1H3. The van der Waals surface area contributed by atoms with Crippen molar-refractivity contribution in [2.75, 3.05) is 25.0 Å². The molecular weight excluding hydrogens is 214 g/mol. The van der Waals surface area contributed by atoms with Gasteiger partial charge in [0.15, 0.2) is 0 Å². The van der Waals surface area contributed by atoms with Crippen LogP contribution < -0.4 is 10.6 Å². The molecule has 1 unspecified atom stereocenters. The van der Waals surface area contributed by atoms with Crippen molar-refractivity contribution < 1.29 is 13.9 Å². The molecule has 16 heavy (non-hydrogen) atoms. The van der Waals surface area contributed by atoms with Crippen LogP contribution >= 0.6 is 0 Å². The molecule has 90 valence electrons. The highest BCUT2D eigenvalue weighted by atomic mass is 19.1. The summed E-state index contributed by atoms with van der Waals surface area (Å²) < 4.78 is 26.0. The first-order valence-corrected chi connectivity index (χ1v) is 5.09. The molecule has 3 N–H and O–H groups in total. The van der Waals surface area contributed by atoms with E-state index in [0.717, 1.165) is 6.07 Å². The summed E-state index contributed by atoms with van der Waals surface area (Å²) in [7, 11) is 1.63. The summed E-state index contributed by atoms with van der Waals surface area (Å²) in [4.78, 5) is 1.54. The Balaban J connectivity index is 2.69. The Labute approximate surface area is 93.5 Å². The van der Waals surface area contributed by atoms with Gasteiger partial charge in [-0.25, -0.2) is 8.78 Å². The molecule has 1 aromatic carbocycles. The highest BCUT2D eigenvalue weighted by Crippen LogP contribution is 2.19. The summed E-state index contributed by atoms with van der Waals surface area (Å²) in [6.45, 7) is 0.640. The lowest BCUT2D eigenvalue weighted by Gasteiger charge is -2.22. The van der Waals surface area contributed by atoms with Crippen molar-refractivity contribution in [3.63, 3.8) is 0 Å². The van der Waals surface area contributed by atoms with E-state index in [1.807, 2.05) is 0 Å². The summed E-state index contributed by atoms with van der Waals surface area (Å²) in [5, 5.41) is 9.51. The minimum atomic E-state index is -0.637. The molecule has 0 spiro atoms. The van der Waals surface area contributed by atoms with Crippen LogP contribution in [-0.4, -0.2) is 31.3 Å². The third kappa shape index (κ3) is 3.43. The minimum Gasteiger partial charge on any atom is -0.391 e. The van der Waals surface area contributed by atoms with Crippen LogP contribution in [0.3, 0.4) is 0 Å². The summed E-state index contributed by atoms with van der Waals surface area (Å²) in [5.74, 6) is -1.25. The summed E-state index contributed by atoms with van der Waals surface area (Å²) in [5.41, 5.74) is 5.55. The lowest BCUT2D eigenvalue weighted by molar-refractivity contribution is 0.174. The number of aliphatic hydroxyl groups is 1. The number of nitrogens with zero attached hydrogens (tertiary/aromatic N) is 1. The van der Waals surface area contributed by atoms with Crippen molar-refractivity contribution in [1.82, 2.24) is 0 Å². The zero-order valence-electron chi connectivity index (χ0n) is 9.16. The molecule has 1 aromatic rings. The van der Waals surface area contributed by atoms with Gasteiger partial charge in [0.1, 0.15) is 11.6 Å². The Morgan fingerprint density at radius 1 is 1.44 bits per heavy atom. The second-order valence-corrected chi connectivity index (χ2v) is 3.71. The molecule has 1 atom stereocenters. The van der Waals surface area contributed by atoms with E-state index in [1.54, 1.807) is 7.05 Å². The van der Waals surface area contributed by atoms with Crippen LogP contribution in [0.25, 0.3) is 0 Å². The first-order chi connectivity index (χ1) is 7.54. The largest absolute Gasteiger partial charge is 0.391 e. The number of hydrogen-bond donors (Lipinski definition) is 2. The van der Waals surface area contributed by atoms with E-state index in [9.17, 15) is 13.9 Å². The van der Waals surface area contributed by atoms with Crippen LogP contribution in [-0.2, 0) is 0 Å². The van der Waals surface area contributed by atoms with Gasteiger partial charge in [0.2, 0.25) is 0 Å². The predicted octanol–water partition coefficient (Wildman–Crippen LogP) is 1.11. The average molecular weight is 230 g/mol. The minimum absolute atomic E-state index is 0.262. The van der Waals surface area contributed by atoms with Gasteiger partial charge in [-0.15, -0.1) is 0 Å². The lowest BCUT2D eigenvalue weighted by atomic mass is 10.2. The van der Waals surface area contributed by atoms with E-state index >= 15 is 0 Å². The Morgan fingerprint density at radius 2 is 2.12 bits per heavy atom. The van der Waals surface area contributed by atoms with E-state index in [2.05, 4.69) is 0 Å². The number of nitrogens with two attached hydrogens (primary N) is 1. The zero-order valence-corrected chi connectivity index (χ0v) is 9.16. The fourth-order valence-electron chi connectivity index (χ4n) is 1.49. The summed E-state index contributed by atoms with van der Waals surface area (Å²) in [6.07, 6.45) is -0.160. The first-order valence-electron chi connectivity index (χ1n) is 5.09. The molecule has 0 saturated carbocycles. The molecule has 0 saturated heterocycles. The van der Waals surface area contributed by atoms with Gasteiger partial charge in [0.05, 0.1) is 11.8 Å². The van der Waals surface area contributed by atoms with Gasteiger partial charge >= 0.3 is 0 Å². The Bertz CT molecular complexity index is 347. The van der Waals surface area contributed by atoms with Gasteiger partial charge < -0.3 is 15.7 Å². The van der Waals surface area contributed by atoms with Crippen LogP contribution in [0.1, 0.15) is 6.42 Å². The Morgan fingerprint density at radius 3 is 2.69 bits per heavy atom. The molecule has 0 radical (unpaired) electrons. The summed E-state index contributed by atoms with van der Waals surface area (Å²) in [6, 6.07) is 3.35. The smallest absolute Gasteiger partial charge is 0.149 e. The SMILES string of the molecule is CN(CC(O)CCN)c1ccc(F)cc1F. The molecule has 0 aliphatic heterocycles. The maximum Gasteiger partial charge on any atom is 0.149 e. The molecule has 0 fully saturated rings. The molecule has 3 nitrogen and oxygen atoms in total. The zero-order chi connectivity index (χ0) is 12.1. The topological polar surface area (TPSA) is 49.5 Å². The van der Waals surface area contributed by atoms with Crippen LogP contribution in [0.4, 0.5) is 14.5 Å². The molecule has 0 amide bonds. The van der Waals surface area contributed by atoms with Gasteiger partial charge in [0.25, 0.3) is 0 Å². The lowest BCUT2D eigenvalue weighted by Crippen LogP contribution is -2.31. The second kappa shape index (κ2) is 5.77. The van der Waals surface area contributed by atoms with Crippen LogP contribution in [0.5, 0.6) is 0 Å². The number of rotatable bonds is 5. The molecule has 0 aliphatic carbocycles. The average Bonchev–Trinajstić information content (AvgIpc) is 2.17. The Kier molecular flexibility index (Phi) is 4.64. The van der Waals surface area contributed by atoms with Crippen molar-refractivity contribution in [3.8, 4) is 0 Å². The number of likely N-dealkylation sites (N-methyl/N-ethyl adjacent to an activating group) is 1. The number of benzene rings is 1. The van der Waals surface area contributed by atoms with Crippen molar-refractivity contribution in [2.45, 2.75) is 12.5 Å². The molecule has 0 bridgehead atoms. The number of halogens is 2. The first kappa shape index (κ1) is 12.9. The van der Waals surface area contributed by atoms with E-state index in [-0.39, 0.29) is 12.2 Å². The summed E-state index contributed by atoms with van der Waals surface area (Å²) >= 11 is 0. The van der Waals surface area contributed by atoms with Gasteiger partial charge in [-0.05, 0) is 25.1 Å². The molecule has 5 heteroatoms. The van der Waals surface area contributed by atoms with Crippen LogP contribution in [0.15, 0.2) is 18.2 Å². The fourth-order valence-corrected chi connectivity index (χ4v) is 1.49. The van der Waals surface area contributed by atoms with Crippen LogP contribution in [0, 0.1) is 11.6 Å². The van der Waals surface area contributed by atoms with Crippen LogP contribution in [0.2, 0.25) is 0 Å². The maximum absolute atomic E-state index is 13.3. The van der Waals surface area contributed by atoms with E-state index in [0.29, 0.717) is 13.0 Å². The van der Waals surface area contributed by atoms with E-state index in [4.69, 9.17) is 5.73 Å². The predicted molar refractivity (Wildman–Crippen MR) is 59.3 cm³/mol. The molecule has 0 aliphatic rings. The molecular formula is C11H16F2N2O. The molecule has 0 heterocycles. The fraction of sp³-hybridized carbons (Fsp3) is 0.455. The van der Waals surface area contributed by atoms with Crippen molar-refractivity contribution in [3.05, 3.63) is 29.8 Å². The Hall–Kier alpha value is -1.20. The monoisotopic (exact) mass is 230 g/mol. The number of hydrogen-bond acceptors (Lipinski definition) is 3. The quantitative estimate of drug-likeness (QED) is 0.796. The third-order valence-corrected chi connectivity index (χ3v) is 2.31. The van der Waals surface area contributed by atoms with Crippen molar-refractivity contribution in [2.24, 2.45) is 5.73 Å². The normalized spacial score (nSPS) is 12.6. The van der Waals surface area contributed by atoms with Gasteiger partial charge in [-0.1, -0.05) is 0 Å². The molecule has 0 aromatic heterocycles.